The lowest BCUT2D eigenvalue weighted by Crippen LogP contribution is -2.18. The molecule has 14 heavy (non-hydrogen) atoms. The molecule has 0 radical (unpaired) electrons. The van der Waals surface area contributed by atoms with E-state index in [0.29, 0.717) is 0 Å². The predicted molar refractivity (Wildman–Crippen MR) is 67.3 cm³/mol. The van der Waals surface area contributed by atoms with Gasteiger partial charge in [-0.15, -0.1) is 0 Å². The summed E-state index contributed by atoms with van der Waals surface area (Å²) in [5.74, 6) is 0. The summed E-state index contributed by atoms with van der Waals surface area (Å²) in [5, 5.41) is 0. The smallest absolute Gasteiger partial charge is 0.0872 e. The van der Waals surface area contributed by atoms with Crippen LogP contribution in [-0.2, 0) is 4.74 Å². The Morgan fingerprint density at radius 3 is 2.14 bits per heavy atom. The average molecular weight is 214 g/mol. The van der Waals surface area contributed by atoms with Crippen molar-refractivity contribution >= 4 is 8.80 Å². The third kappa shape index (κ3) is 6.25. The van der Waals surface area contributed by atoms with Gasteiger partial charge in [0, 0.05) is 0 Å². The number of ether oxygens (including phenoxy) is 1. The first-order chi connectivity index (χ1) is 6.59. The Morgan fingerprint density at radius 1 is 1.14 bits per heavy atom. The third-order valence-corrected chi connectivity index (χ3v) is 6.23. The Kier molecular flexibility index (Phi) is 7.96. The Hall–Kier alpha value is -0.243. The zero-order valence-electron chi connectivity index (χ0n) is 10.4. The molecule has 0 atom stereocenters. The minimum atomic E-state index is -0.737. The minimum absolute atomic E-state index is 0.737. The molecule has 0 aliphatic heterocycles. The van der Waals surface area contributed by atoms with E-state index in [0.717, 1.165) is 17.7 Å². The van der Waals surface area contributed by atoms with Crippen LogP contribution in [0.4, 0.5) is 0 Å². The maximum Gasteiger partial charge on any atom is 0.0872 e. The summed E-state index contributed by atoms with van der Waals surface area (Å²) in [4.78, 5) is 0. The van der Waals surface area contributed by atoms with Crippen molar-refractivity contribution in [1.29, 1.82) is 0 Å². The van der Waals surface area contributed by atoms with Gasteiger partial charge in [-0.25, -0.2) is 0 Å². The molecule has 0 saturated carbocycles. The van der Waals surface area contributed by atoms with Gasteiger partial charge in [0.1, 0.15) is 0 Å². The molecule has 2 heteroatoms. The second-order valence-corrected chi connectivity index (χ2v) is 8.82. The molecule has 0 aromatic carbocycles. The Balaban J connectivity index is 3.79. The van der Waals surface area contributed by atoms with Crippen LogP contribution in [0.1, 0.15) is 47.5 Å². The fourth-order valence-corrected chi connectivity index (χ4v) is 4.38. The summed E-state index contributed by atoms with van der Waals surface area (Å²) in [6.07, 6.45) is 4.33. The number of hydrogen-bond donors (Lipinski definition) is 0. The van der Waals surface area contributed by atoms with Crippen LogP contribution in [0.5, 0.6) is 0 Å². The lowest BCUT2D eigenvalue weighted by atomic mass is 10.4. The van der Waals surface area contributed by atoms with Crippen LogP contribution in [0.2, 0.25) is 11.1 Å². The SMILES string of the molecule is CCCCOC=C[SiH](C(C)C)C(C)C. The Labute approximate surface area is 91.2 Å². The summed E-state index contributed by atoms with van der Waals surface area (Å²) in [7, 11) is -0.737. The molecule has 1 nitrogen and oxygen atoms in total. The van der Waals surface area contributed by atoms with Crippen molar-refractivity contribution in [3.8, 4) is 0 Å². The van der Waals surface area contributed by atoms with Gasteiger partial charge in [0.15, 0.2) is 0 Å². The van der Waals surface area contributed by atoms with Crippen LogP contribution < -0.4 is 0 Å². The number of unbranched alkanes of at least 4 members (excludes halogenated alkanes) is 1. The Bertz CT molecular complexity index is 144. The molecule has 0 aliphatic rings. The highest BCUT2D eigenvalue weighted by Gasteiger charge is 2.15. The topological polar surface area (TPSA) is 9.23 Å². The third-order valence-electron chi connectivity index (χ3n) is 2.55. The molecule has 84 valence electrons. The first-order valence-electron chi connectivity index (χ1n) is 5.87. The van der Waals surface area contributed by atoms with Crippen molar-refractivity contribution < 1.29 is 4.74 Å². The molecule has 0 rings (SSSR count). The first kappa shape index (κ1) is 13.8. The van der Waals surface area contributed by atoms with Crippen molar-refractivity contribution in [3.05, 3.63) is 12.0 Å². The second kappa shape index (κ2) is 8.10. The van der Waals surface area contributed by atoms with Gasteiger partial charge in [-0.3, -0.25) is 0 Å². The monoisotopic (exact) mass is 214 g/mol. The second-order valence-electron chi connectivity index (χ2n) is 4.62. The van der Waals surface area contributed by atoms with Gasteiger partial charge < -0.3 is 4.74 Å². The van der Waals surface area contributed by atoms with Crippen LogP contribution in [0.15, 0.2) is 12.0 Å². The largest absolute Gasteiger partial charge is 0.502 e. The van der Waals surface area contributed by atoms with E-state index >= 15 is 0 Å². The van der Waals surface area contributed by atoms with Gasteiger partial charge in [0.2, 0.25) is 0 Å². The number of rotatable bonds is 7. The van der Waals surface area contributed by atoms with E-state index in [9.17, 15) is 0 Å². The average Bonchev–Trinajstić information content (AvgIpc) is 2.09. The summed E-state index contributed by atoms with van der Waals surface area (Å²) in [5.41, 5.74) is 4.02. The highest BCUT2D eigenvalue weighted by atomic mass is 28.3. The quantitative estimate of drug-likeness (QED) is 0.355. The minimum Gasteiger partial charge on any atom is -0.502 e. The van der Waals surface area contributed by atoms with Crippen molar-refractivity contribution in [1.82, 2.24) is 0 Å². The summed E-state index contributed by atoms with van der Waals surface area (Å²) in [6.45, 7) is 12.4. The molecule has 0 N–H and O–H groups in total. The zero-order valence-corrected chi connectivity index (χ0v) is 11.6. The molecule has 0 fully saturated rings. The van der Waals surface area contributed by atoms with Gasteiger partial charge in [0.05, 0.1) is 21.7 Å². The summed E-state index contributed by atoms with van der Waals surface area (Å²) >= 11 is 0. The van der Waals surface area contributed by atoms with Crippen molar-refractivity contribution in [2.45, 2.75) is 58.5 Å². The molecule has 0 amide bonds. The van der Waals surface area contributed by atoms with E-state index < -0.39 is 8.80 Å². The lowest BCUT2D eigenvalue weighted by Gasteiger charge is -2.18. The lowest BCUT2D eigenvalue weighted by molar-refractivity contribution is 0.244. The van der Waals surface area contributed by atoms with E-state index in [1.165, 1.54) is 12.8 Å². The van der Waals surface area contributed by atoms with Crippen LogP contribution in [0.25, 0.3) is 0 Å². The Morgan fingerprint density at radius 2 is 1.71 bits per heavy atom. The van der Waals surface area contributed by atoms with E-state index in [1.54, 1.807) is 0 Å². The fraction of sp³-hybridized carbons (Fsp3) is 0.833. The predicted octanol–water partition coefficient (Wildman–Crippen LogP) is 3.90. The van der Waals surface area contributed by atoms with Gasteiger partial charge in [-0.2, -0.15) is 0 Å². The molecule has 0 aliphatic carbocycles. The summed E-state index contributed by atoms with van der Waals surface area (Å²) < 4.78 is 5.46. The molecular weight excluding hydrogens is 188 g/mol. The first-order valence-corrected chi connectivity index (χ1v) is 7.87. The number of hydrogen-bond acceptors (Lipinski definition) is 1. The van der Waals surface area contributed by atoms with Crippen LogP contribution >= 0.6 is 0 Å². The maximum absolute atomic E-state index is 5.46. The van der Waals surface area contributed by atoms with Crippen LogP contribution in [-0.4, -0.2) is 15.4 Å². The van der Waals surface area contributed by atoms with Crippen molar-refractivity contribution in [2.75, 3.05) is 6.61 Å². The molecule has 0 saturated heterocycles. The molecule has 0 aromatic heterocycles. The standard InChI is InChI=1S/C12H26OSi/c1-6-7-8-13-9-10-14(11(2)3)12(4)5/h9-12,14H,6-8H2,1-5H3. The molecule has 0 spiro atoms. The van der Waals surface area contributed by atoms with Gasteiger partial charge >= 0.3 is 0 Å². The fourth-order valence-electron chi connectivity index (χ4n) is 1.66. The van der Waals surface area contributed by atoms with E-state index in [2.05, 4.69) is 40.3 Å². The molecular formula is C12H26OSi. The van der Waals surface area contributed by atoms with E-state index in [-0.39, 0.29) is 0 Å². The zero-order chi connectivity index (χ0) is 11.0. The maximum atomic E-state index is 5.46. The van der Waals surface area contributed by atoms with Gasteiger partial charge in [0.25, 0.3) is 0 Å². The van der Waals surface area contributed by atoms with Gasteiger partial charge in [-0.1, -0.05) is 57.8 Å². The van der Waals surface area contributed by atoms with Crippen LogP contribution in [0, 0.1) is 0 Å². The highest BCUT2D eigenvalue weighted by molar-refractivity contribution is 6.66. The molecule has 0 aromatic rings. The van der Waals surface area contributed by atoms with E-state index in [4.69, 9.17) is 4.74 Å². The van der Waals surface area contributed by atoms with E-state index in [1.807, 2.05) is 6.26 Å². The molecule has 0 bridgehead atoms. The molecule has 0 heterocycles. The van der Waals surface area contributed by atoms with Crippen molar-refractivity contribution in [2.24, 2.45) is 0 Å². The van der Waals surface area contributed by atoms with Gasteiger partial charge in [-0.05, 0) is 6.42 Å². The summed E-state index contributed by atoms with van der Waals surface area (Å²) in [6, 6.07) is 0. The molecule has 0 unspecified atom stereocenters. The van der Waals surface area contributed by atoms with Crippen LogP contribution in [0.3, 0.4) is 0 Å². The highest BCUT2D eigenvalue weighted by Crippen LogP contribution is 2.20. The van der Waals surface area contributed by atoms with Crippen molar-refractivity contribution in [3.63, 3.8) is 0 Å². The normalized spacial score (nSPS) is 12.3.